The van der Waals surface area contributed by atoms with Gasteiger partial charge in [-0.2, -0.15) is 0 Å². The van der Waals surface area contributed by atoms with E-state index in [0.29, 0.717) is 19.1 Å². The summed E-state index contributed by atoms with van der Waals surface area (Å²) in [6.45, 7) is 2.78. The van der Waals surface area contributed by atoms with Crippen LogP contribution in [0.25, 0.3) is 0 Å². The highest BCUT2D eigenvalue weighted by Gasteiger charge is 2.54. The van der Waals surface area contributed by atoms with Crippen LogP contribution in [0.5, 0.6) is 0 Å². The highest BCUT2D eigenvalue weighted by Crippen LogP contribution is 2.34. The second kappa shape index (κ2) is 8.10. The van der Waals surface area contributed by atoms with Crippen LogP contribution in [0.15, 0.2) is 41.2 Å². The number of aliphatic imine (C=N–C) groups is 1. The predicted octanol–water partition coefficient (Wildman–Crippen LogP) is 1.48. The summed E-state index contributed by atoms with van der Waals surface area (Å²) in [5.41, 5.74) is 1.17. The zero-order chi connectivity index (χ0) is 22.3. The van der Waals surface area contributed by atoms with Crippen molar-refractivity contribution < 1.29 is 23.5 Å². The molecule has 0 radical (unpaired) electrons. The molecule has 4 rings (SSSR count). The number of methoxy groups -OCH3 is 1. The largest absolute Gasteiger partial charge is 0.385 e. The Balaban J connectivity index is 1.54. The van der Waals surface area contributed by atoms with Crippen molar-refractivity contribution in [2.45, 2.75) is 25.6 Å². The molecule has 0 aliphatic carbocycles. The minimum atomic E-state index is -0.735. The van der Waals surface area contributed by atoms with E-state index in [1.165, 1.54) is 29.2 Å². The molecule has 2 unspecified atom stereocenters. The van der Waals surface area contributed by atoms with E-state index in [-0.39, 0.29) is 5.56 Å². The molecule has 0 bridgehead atoms. The van der Waals surface area contributed by atoms with Crippen molar-refractivity contribution in [3.63, 3.8) is 0 Å². The van der Waals surface area contributed by atoms with Crippen molar-refractivity contribution in [3.05, 3.63) is 47.5 Å². The summed E-state index contributed by atoms with van der Waals surface area (Å²) in [6, 6.07) is 3.69. The zero-order valence-corrected chi connectivity index (χ0v) is 17.6. The van der Waals surface area contributed by atoms with Gasteiger partial charge >= 0.3 is 6.03 Å². The summed E-state index contributed by atoms with van der Waals surface area (Å²) in [7, 11) is 3.21. The average molecular weight is 429 g/mol. The molecule has 0 spiro atoms. The van der Waals surface area contributed by atoms with Crippen LogP contribution >= 0.6 is 0 Å². The fourth-order valence-electron chi connectivity index (χ4n) is 4.06. The van der Waals surface area contributed by atoms with E-state index < -0.39 is 42.3 Å². The van der Waals surface area contributed by atoms with Crippen molar-refractivity contribution in [2.75, 3.05) is 33.9 Å². The topological polar surface area (TPSA) is 85.8 Å². The SMILES string of the molecule is COCCCN1C(C)=CN2C1=NC1C2C(=O)N(CC(=O)c2ccc(F)cc2)C(=O)N1C. The minimum absolute atomic E-state index is 0.233. The average Bonchev–Trinajstić information content (AvgIpc) is 3.25. The van der Waals surface area contributed by atoms with Crippen LogP contribution in [0.3, 0.4) is 0 Å². The normalized spacial score (nSPS) is 22.6. The minimum Gasteiger partial charge on any atom is -0.385 e. The van der Waals surface area contributed by atoms with Crippen molar-refractivity contribution in [1.29, 1.82) is 0 Å². The van der Waals surface area contributed by atoms with E-state index in [1.807, 2.05) is 18.0 Å². The smallest absolute Gasteiger partial charge is 0.328 e. The van der Waals surface area contributed by atoms with Crippen LogP contribution in [0, 0.1) is 5.82 Å². The molecule has 1 aromatic carbocycles. The van der Waals surface area contributed by atoms with E-state index in [4.69, 9.17) is 4.74 Å². The lowest BCUT2D eigenvalue weighted by Gasteiger charge is -2.39. The number of guanidine groups is 1. The van der Waals surface area contributed by atoms with Crippen LogP contribution in [-0.4, -0.2) is 89.3 Å². The van der Waals surface area contributed by atoms with Gasteiger partial charge in [0.05, 0.1) is 6.54 Å². The van der Waals surface area contributed by atoms with Crippen LogP contribution in [0.4, 0.5) is 9.18 Å². The molecule has 3 heterocycles. The molecule has 1 aromatic rings. The van der Waals surface area contributed by atoms with Crippen LogP contribution < -0.4 is 0 Å². The molecule has 3 amide bonds. The molecule has 2 atom stereocenters. The number of fused-ring (bicyclic) bond motifs is 3. The monoisotopic (exact) mass is 429 g/mol. The molecule has 1 fully saturated rings. The van der Waals surface area contributed by atoms with Crippen molar-refractivity contribution in [3.8, 4) is 0 Å². The number of rotatable bonds is 7. The lowest BCUT2D eigenvalue weighted by atomic mass is 10.1. The number of hydrogen-bond acceptors (Lipinski definition) is 7. The summed E-state index contributed by atoms with van der Waals surface area (Å²) in [4.78, 5) is 49.5. The molecule has 3 aliphatic heterocycles. The maximum absolute atomic E-state index is 13.3. The van der Waals surface area contributed by atoms with Gasteiger partial charge in [-0.15, -0.1) is 0 Å². The summed E-state index contributed by atoms with van der Waals surface area (Å²) >= 11 is 0. The molecule has 164 valence electrons. The second-order valence-electron chi connectivity index (χ2n) is 7.71. The quantitative estimate of drug-likeness (QED) is 0.482. The van der Waals surface area contributed by atoms with E-state index in [0.717, 1.165) is 17.0 Å². The molecular weight excluding hydrogens is 405 g/mol. The Morgan fingerprint density at radius 2 is 1.90 bits per heavy atom. The van der Waals surface area contributed by atoms with Gasteiger partial charge in [-0.1, -0.05) is 0 Å². The summed E-state index contributed by atoms with van der Waals surface area (Å²) in [5, 5.41) is 0. The van der Waals surface area contributed by atoms with E-state index in [1.54, 1.807) is 19.1 Å². The van der Waals surface area contributed by atoms with Crippen molar-refractivity contribution in [2.24, 2.45) is 4.99 Å². The first kappa shape index (κ1) is 21.0. The number of ketones is 1. The number of benzene rings is 1. The molecule has 0 N–H and O–H groups in total. The number of hydrogen-bond donors (Lipinski definition) is 0. The Labute approximate surface area is 179 Å². The lowest BCUT2D eigenvalue weighted by molar-refractivity contribution is -0.136. The number of Topliss-reactive ketones (excluding diaryl/α,β-unsaturated/α-hetero) is 1. The van der Waals surface area contributed by atoms with E-state index in [2.05, 4.69) is 4.99 Å². The summed E-state index contributed by atoms with van der Waals surface area (Å²) < 4.78 is 18.3. The Kier molecular flexibility index (Phi) is 5.48. The number of imide groups is 1. The Hall–Kier alpha value is -3.27. The number of carbonyl (C=O) groups excluding carboxylic acids is 3. The predicted molar refractivity (Wildman–Crippen MR) is 109 cm³/mol. The van der Waals surface area contributed by atoms with E-state index in [9.17, 15) is 18.8 Å². The third kappa shape index (κ3) is 3.56. The highest BCUT2D eigenvalue weighted by atomic mass is 19.1. The van der Waals surface area contributed by atoms with Crippen LogP contribution in [0.2, 0.25) is 0 Å². The van der Waals surface area contributed by atoms with Gasteiger partial charge in [0.2, 0.25) is 5.96 Å². The number of amides is 3. The third-order valence-corrected chi connectivity index (χ3v) is 5.70. The van der Waals surface area contributed by atoms with Gasteiger partial charge in [-0.3, -0.25) is 14.5 Å². The maximum atomic E-state index is 13.3. The van der Waals surface area contributed by atoms with Gasteiger partial charge in [-0.25, -0.2) is 14.2 Å². The Morgan fingerprint density at radius 3 is 2.58 bits per heavy atom. The van der Waals surface area contributed by atoms with Crippen molar-refractivity contribution >= 4 is 23.7 Å². The van der Waals surface area contributed by atoms with Gasteiger partial charge in [0, 0.05) is 44.8 Å². The van der Waals surface area contributed by atoms with Crippen LogP contribution in [-0.2, 0) is 9.53 Å². The molecule has 0 aromatic heterocycles. The molecule has 10 heteroatoms. The number of urea groups is 1. The molecule has 1 saturated heterocycles. The number of halogens is 1. The molecule has 9 nitrogen and oxygen atoms in total. The van der Waals surface area contributed by atoms with Gasteiger partial charge in [0.25, 0.3) is 5.91 Å². The first-order valence-corrected chi connectivity index (χ1v) is 10.0. The summed E-state index contributed by atoms with van der Waals surface area (Å²) in [6.07, 6.45) is 1.96. The van der Waals surface area contributed by atoms with Crippen LogP contribution in [0.1, 0.15) is 23.7 Å². The van der Waals surface area contributed by atoms with Crippen molar-refractivity contribution in [1.82, 2.24) is 19.6 Å². The fraction of sp³-hybridized carbons (Fsp3) is 0.429. The lowest BCUT2D eigenvalue weighted by Crippen LogP contribution is -2.64. The third-order valence-electron chi connectivity index (χ3n) is 5.70. The molecular formula is C21H24FN5O4. The standard InChI is InChI=1S/C21H24FN5O4/c1-13-11-26-17-18(23-20(26)25(13)9-4-10-31-3)24(2)21(30)27(19(17)29)12-16(28)14-5-7-15(22)8-6-14/h5-8,11,17-18H,4,9-10,12H2,1-3H3. The first-order chi connectivity index (χ1) is 14.8. The van der Waals surface area contributed by atoms with Gasteiger partial charge in [0.15, 0.2) is 18.0 Å². The Morgan fingerprint density at radius 1 is 1.19 bits per heavy atom. The zero-order valence-electron chi connectivity index (χ0n) is 17.6. The number of allylic oxidation sites excluding steroid dienone is 1. The second-order valence-corrected chi connectivity index (χ2v) is 7.71. The number of nitrogens with zero attached hydrogens (tertiary/aromatic N) is 5. The highest BCUT2D eigenvalue weighted by molar-refractivity contribution is 6.09. The van der Waals surface area contributed by atoms with Gasteiger partial charge in [-0.05, 0) is 37.6 Å². The fourth-order valence-corrected chi connectivity index (χ4v) is 4.06. The molecule has 0 saturated carbocycles. The summed E-state index contributed by atoms with van der Waals surface area (Å²) in [5.74, 6) is -0.776. The van der Waals surface area contributed by atoms with Gasteiger partial charge < -0.3 is 19.4 Å². The number of ether oxygens (including phenoxy) is 1. The van der Waals surface area contributed by atoms with E-state index >= 15 is 0 Å². The number of likely N-dealkylation sites (N-methyl/N-ethyl adjacent to an activating group) is 1. The molecule has 3 aliphatic rings. The Bertz CT molecular complexity index is 976. The number of carbonyl (C=O) groups is 3. The maximum Gasteiger partial charge on any atom is 0.328 e. The van der Waals surface area contributed by atoms with Gasteiger partial charge in [0.1, 0.15) is 5.82 Å². The first-order valence-electron chi connectivity index (χ1n) is 10.0. The molecule has 31 heavy (non-hydrogen) atoms.